The first-order valence-corrected chi connectivity index (χ1v) is 13.4. The fraction of sp³-hybridized carbons (Fsp3) is 0.160. The first-order valence-electron chi connectivity index (χ1n) is 11.8. The largest absolute Gasteiger partial charge is 0.384 e. The second-order valence-electron chi connectivity index (χ2n) is 8.91. The third-order valence-electron chi connectivity index (χ3n) is 6.18. The van der Waals surface area contributed by atoms with Crippen LogP contribution >= 0.6 is 22.7 Å². The van der Waals surface area contributed by atoms with Crippen LogP contribution in [-0.4, -0.2) is 36.5 Å². The van der Waals surface area contributed by atoms with Crippen LogP contribution in [0.3, 0.4) is 0 Å². The van der Waals surface area contributed by atoms with Crippen LogP contribution in [0.4, 0.5) is 20.3 Å². The Morgan fingerprint density at radius 2 is 1.90 bits per heavy atom. The Balaban J connectivity index is 1.22. The molecule has 0 aliphatic carbocycles. The zero-order valence-corrected chi connectivity index (χ0v) is 21.9. The highest BCUT2D eigenvalue weighted by molar-refractivity contribution is 7.19. The van der Waals surface area contributed by atoms with Gasteiger partial charge in [-0.05, 0) is 12.1 Å². The maximum Gasteiger partial charge on any atom is 0.307 e. The van der Waals surface area contributed by atoms with E-state index in [1.54, 1.807) is 24.4 Å². The van der Waals surface area contributed by atoms with E-state index in [9.17, 15) is 23.2 Å². The minimum absolute atomic E-state index is 0.0383. The van der Waals surface area contributed by atoms with Crippen LogP contribution < -0.4 is 21.9 Å². The summed E-state index contributed by atoms with van der Waals surface area (Å²) < 4.78 is 31.0. The highest BCUT2D eigenvalue weighted by atomic mass is 32.1. The summed E-state index contributed by atoms with van der Waals surface area (Å²) in [7, 11) is 0. The van der Waals surface area contributed by atoms with Gasteiger partial charge in [0.2, 0.25) is 10.9 Å². The Bertz CT molecular complexity index is 1840. The molecule has 1 aromatic carbocycles. The van der Waals surface area contributed by atoms with Gasteiger partial charge in [0.25, 0.3) is 11.5 Å². The molecule has 0 radical (unpaired) electrons. The second kappa shape index (κ2) is 9.84. The number of pyridine rings is 1. The summed E-state index contributed by atoms with van der Waals surface area (Å²) in [6, 6.07) is 11.0. The fourth-order valence-electron chi connectivity index (χ4n) is 4.32. The first-order chi connectivity index (χ1) is 19.2. The van der Waals surface area contributed by atoms with Gasteiger partial charge in [-0.1, -0.05) is 41.7 Å². The van der Waals surface area contributed by atoms with E-state index >= 15 is 0 Å². The molecule has 0 fully saturated rings. The van der Waals surface area contributed by atoms with Gasteiger partial charge in [-0.2, -0.15) is 8.78 Å². The predicted octanol–water partition coefficient (Wildman–Crippen LogP) is 3.56. The van der Waals surface area contributed by atoms with Crippen LogP contribution in [-0.2, 0) is 17.3 Å². The van der Waals surface area contributed by atoms with Gasteiger partial charge >= 0.3 is 5.92 Å². The number of hydrogen-bond acceptors (Lipinski definition) is 10. The summed E-state index contributed by atoms with van der Waals surface area (Å²) in [6.07, 6.45) is 1.52. The second-order valence-corrected chi connectivity index (χ2v) is 11.1. The maximum atomic E-state index is 14.8. The number of anilines is 2. The zero-order valence-electron chi connectivity index (χ0n) is 20.3. The highest BCUT2D eigenvalue weighted by Gasteiger charge is 2.50. The molecule has 5 heterocycles. The Labute approximate surface area is 231 Å². The molecule has 4 N–H and O–H groups in total. The smallest absolute Gasteiger partial charge is 0.307 e. The van der Waals surface area contributed by atoms with Crippen molar-refractivity contribution in [1.29, 1.82) is 0 Å². The molecule has 6 rings (SSSR count). The number of amides is 2. The van der Waals surface area contributed by atoms with Gasteiger partial charge in [-0.3, -0.25) is 19.0 Å². The van der Waals surface area contributed by atoms with E-state index in [2.05, 4.69) is 30.8 Å². The number of hydrogen-bond donors (Lipinski definition) is 3. The van der Waals surface area contributed by atoms with Gasteiger partial charge in [-0.25, -0.2) is 9.97 Å². The number of fused-ring (bicyclic) bond motifs is 2. The summed E-state index contributed by atoms with van der Waals surface area (Å²) in [5, 5.41) is 14.1. The molecule has 1 aliphatic rings. The number of thiophene rings is 1. The normalized spacial score (nSPS) is 15.6. The molecule has 15 heteroatoms. The summed E-state index contributed by atoms with van der Waals surface area (Å²) in [5.74, 6) is -5.55. The molecule has 0 saturated carbocycles. The topological polar surface area (TPSA) is 158 Å². The van der Waals surface area contributed by atoms with Crippen molar-refractivity contribution in [1.82, 2.24) is 30.0 Å². The molecule has 0 saturated heterocycles. The number of nitrogens with zero attached hydrogens (tertiary/aromatic N) is 5. The molecule has 2 amide bonds. The summed E-state index contributed by atoms with van der Waals surface area (Å²) in [5.41, 5.74) is 5.12. The van der Waals surface area contributed by atoms with Gasteiger partial charge in [0.1, 0.15) is 22.6 Å². The number of carbonyl (C=O) groups excluding carboxylic acids is 2. The van der Waals surface area contributed by atoms with Gasteiger partial charge in [0, 0.05) is 33.1 Å². The lowest BCUT2D eigenvalue weighted by Crippen LogP contribution is -2.36. The molecule has 0 bridgehead atoms. The van der Waals surface area contributed by atoms with E-state index in [4.69, 9.17) is 5.73 Å². The molecule has 1 atom stereocenters. The van der Waals surface area contributed by atoms with Crippen LogP contribution in [0, 0.1) is 0 Å². The maximum absolute atomic E-state index is 14.8. The highest BCUT2D eigenvalue weighted by Crippen LogP contribution is 2.42. The SMILES string of the molecule is Nc1cc2sc(CNC(=O)[C@@H]3CC(F)(F)c4ncc(NC(=O)c5nnc(-c6ccccc6)s5)c(=O)n43)cc2cn1. The molecule has 0 unspecified atom stereocenters. The standard InChI is InChI=1S/C25H18F2N8O3S2/c26-25(27)8-16(19(36)30-10-14-6-13-9-29-18(28)7-17(13)39-14)35-23(38)15(11-31-24(25)35)32-20(37)22-34-33-21(40-22)12-4-2-1-3-5-12/h1-7,9,11,16H,8,10H2,(H2,28,29)(H,30,36)(H,32,37)/t16-/m0/s1. The lowest BCUT2D eigenvalue weighted by atomic mass is 10.1. The van der Waals surface area contributed by atoms with E-state index in [1.165, 1.54) is 11.3 Å². The van der Waals surface area contributed by atoms with Crippen molar-refractivity contribution in [3.05, 3.63) is 80.9 Å². The number of carbonyl (C=O) groups is 2. The van der Waals surface area contributed by atoms with E-state index in [1.807, 2.05) is 24.3 Å². The van der Waals surface area contributed by atoms with E-state index < -0.39 is 41.6 Å². The van der Waals surface area contributed by atoms with E-state index in [0.717, 1.165) is 38.1 Å². The third kappa shape index (κ3) is 4.69. The van der Waals surface area contributed by atoms with Crippen LogP contribution in [0.1, 0.15) is 33.0 Å². The van der Waals surface area contributed by atoms with Crippen molar-refractivity contribution >= 4 is 56.1 Å². The Morgan fingerprint density at radius 1 is 1.10 bits per heavy atom. The average Bonchev–Trinajstić information content (AvgIpc) is 3.65. The number of aromatic nitrogens is 5. The Kier molecular flexibility index (Phi) is 6.31. The molecule has 5 aromatic rings. The van der Waals surface area contributed by atoms with Gasteiger partial charge in [0.15, 0.2) is 5.82 Å². The van der Waals surface area contributed by atoms with Crippen molar-refractivity contribution in [3.8, 4) is 10.6 Å². The molecule has 11 nitrogen and oxygen atoms in total. The molecule has 202 valence electrons. The van der Waals surface area contributed by atoms with Crippen molar-refractivity contribution in [3.63, 3.8) is 0 Å². The molecule has 40 heavy (non-hydrogen) atoms. The third-order valence-corrected chi connectivity index (χ3v) is 8.25. The number of nitrogens with one attached hydrogen (secondary N) is 2. The monoisotopic (exact) mass is 580 g/mol. The zero-order chi connectivity index (χ0) is 28.0. The predicted molar refractivity (Wildman–Crippen MR) is 145 cm³/mol. The van der Waals surface area contributed by atoms with Crippen LogP contribution in [0.2, 0.25) is 0 Å². The van der Waals surface area contributed by atoms with Gasteiger partial charge in [-0.15, -0.1) is 21.5 Å². The Morgan fingerprint density at radius 3 is 2.70 bits per heavy atom. The Hall–Kier alpha value is -4.63. The summed E-state index contributed by atoms with van der Waals surface area (Å²) in [6.45, 7) is 0.0505. The number of alkyl halides is 2. The van der Waals surface area contributed by atoms with Crippen molar-refractivity contribution in [2.45, 2.75) is 24.9 Å². The van der Waals surface area contributed by atoms with Crippen molar-refractivity contribution in [2.24, 2.45) is 0 Å². The average molecular weight is 581 g/mol. The molecular weight excluding hydrogens is 562 g/mol. The molecule has 1 aliphatic heterocycles. The van der Waals surface area contributed by atoms with Crippen LogP contribution in [0.5, 0.6) is 0 Å². The van der Waals surface area contributed by atoms with Gasteiger partial charge < -0.3 is 16.4 Å². The van der Waals surface area contributed by atoms with Gasteiger partial charge in [0.05, 0.1) is 12.7 Å². The molecule has 4 aromatic heterocycles. The van der Waals surface area contributed by atoms with Crippen LogP contribution in [0.15, 0.2) is 59.7 Å². The number of benzene rings is 1. The lowest BCUT2D eigenvalue weighted by molar-refractivity contribution is -0.125. The number of nitrogen functional groups attached to an aromatic ring is 1. The first kappa shape index (κ1) is 25.6. The summed E-state index contributed by atoms with van der Waals surface area (Å²) in [4.78, 5) is 47.5. The lowest BCUT2D eigenvalue weighted by Gasteiger charge is -2.14. The van der Waals surface area contributed by atoms with Crippen molar-refractivity contribution < 1.29 is 18.4 Å². The van der Waals surface area contributed by atoms with Crippen LogP contribution in [0.25, 0.3) is 20.7 Å². The number of rotatable bonds is 6. The van der Waals surface area contributed by atoms with E-state index in [-0.39, 0.29) is 17.2 Å². The number of halogens is 2. The van der Waals surface area contributed by atoms with Crippen molar-refractivity contribution in [2.75, 3.05) is 11.1 Å². The quantitative estimate of drug-likeness (QED) is 0.275. The van der Waals surface area contributed by atoms with E-state index in [0.29, 0.717) is 15.4 Å². The fourth-order valence-corrected chi connectivity index (χ4v) is 6.09. The minimum atomic E-state index is -3.52. The summed E-state index contributed by atoms with van der Waals surface area (Å²) >= 11 is 2.37. The minimum Gasteiger partial charge on any atom is -0.384 e. The molecular formula is C25H18F2N8O3S2. The molecule has 0 spiro atoms. The number of nitrogens with two attached hydrogens (primary N) is 1.